The fourth-order valence-electron chi connectivity index (χ4n) is 1.55. The van der Waals surface area contributed by atoms with Crippen molar-refractivity contribution < 1.29 is 19.4 Å². The first-order valence-corrected chi connectivity index (χ1v) is 6.28. The number of ether oxygens (including phenoxy) is 1. The smallest absolute Gasteiger partial charge is 0.321 e. The summed E-state index contributed by atoms with van der Waals surface area (Å²) in [6.45, 7) is 3.22. The fourth-order valence-corrected chi connectivity index (χ4v) is 1.55. The molecule has 6 nitrogen and oxygen atoms in total. The Kier molecular flexibility index (Phi) is 5.37. The van der Waals surface area contributed by atoms with Crippen molar-refractivity contribution in [1.82, 2.24) is 5.32 Å². The Hall–Kier alpha value is -2.24. The molecular weight excluding hydrogens is 260 g/mol. The van der Waals surface area contributed by atoms with Crippen LogP contribution in [0.4, 0.5) is 10.5 Å². The number of urea groups is 1. The second-order valence-electron chi connectivity index (χ2n) is 4.62. The third kappa shape index (κ3) is 3.88. The minimum absolute atomic E-state index is 0.351. The summed E-state index contributed by atoms with van der Waals surface area (Å²) in [6.07, 6.45) is 0. The molecule has 0 aliphatic rings. The van der Waals surface area contributed by atoms with Gasteiger partial charge in [0.05, 0.1) is 13.0 Å². The van der Waals surface area contributed by atoms with Crippen LogP contribution in [0.25, 0.3) is 0 Å². The first kappa shape index (κ1) is 15.8. The van der Waals surface area contributed by atoms with Crippen LogP contribution in [-0.2, 0) is 4.79 Å². The number of anilines is 1. The number of carbonyl (C=O) groups is 2. The van der Waals surface area contributed by atoms with E-state index in [1.54, 1.807) is 52.3 Å². The van der Waals surface area contributed by atoms with Gasteiger partial charge in [-0.3, -0.25) is 9.69 Å². The molecule has 0 fully saturated rings. The quantitative estimate of drug-likeness (QED) is 0.864. The van der Waals surface area contributed by atoms with Crippen molar-refractivity contribution in [3.8, 4) is 5.75 Å². The Labute approximate surface area is 118 Å². The van der Waals surface area contributed by atoms with E-state index in [1.807, 2.05) is 0 Å². The lowest BCUT2D eigenvalue weighted by atomic mass is 10.0. The highest BCUT2D eigenvalue weighted by Crippen LogP contribution is 2.18. The van der Waals surface area contributed by atoms with E-state index in [0.29, 0.717) is 11.4 Å². The number of methoxy groups -OCH3 is 1. The molecule has 0 aromatic heterocycles. The van der Waals surface area contributed by atoms with Crippen molar-refractivity contribution >= 4 is 17.7 Å². The maximum atomic E-state index is 12.0. The predicted molar refractivity (Wildman–Crippen MR) is 76.2 cm³/mol. The number of hydrogen-bond donors (Lipinski definition) is 2. The molecule has 2 atom stereocenters. The molecule has 2 unspecified atom stereocenters. The molecule has 0 aliphatic heterocycles. The van der Waals surface area contributed by atoms with Gasteiger partial charge in [0, 0.05) is 18.8 Å². The molecule has 110 valence electrons. The van der Waals surface area contributed by atoms with Crippen LogP contribution in [-0.4, -0.2) is 37.3 Å². The van der Waals surface area contributed by atoms with E-state index in [1.165, 1.54) is 4.90 Å². The number of rotatable bonds is 5. The van der Waals surface area contributed by atoms with Gasteiger partial charge in [0.25, 0.3) is 0 Å². The number of nitrogens with one attached hydrogen (secondary N) is 1. The Bertz CT molecular complexity index is 473. The molecule has 0 heterocycles. The lowest BCUT2D eigenvalue weighted by molar-refractivity contribution is -0.141. The molecule has 0 saturated heterocycles. The second kappa shape index (κ2) is 6.79. The van der Waals surface area contributed by atoms with Crippen molar-refractivity contribution in [2.75, 3.05) is 19.1 Å². The largest absolute Gasteiger partial charge is 0.497 e. The minimum Gasteiger partial charge on any atom is -0.497 e. The summed E-state index contributed by atoms with van der Waals surface area (Å²) in [6, 6.07) is 6.20. The van der Waals surface area contributed by atoms with E-state index < -0.39 is 17.9 Å². The van der Waals surface area contributed by atoms with Crippen LogP contribution in [0.3, 0.4) is 0 Å². The van der Waals surface area contributed by atoms with Gasteiger partial charge in [0.2, 0.25) is 0 Å². The van der Waals surface area contributed by atoms with E-state index in [-0.39, 0.29) is 6.03 Å². The Morgan fingerprint density at radius 3 is 2.25 bits per heavy atom. The lowest BCUT2D eigenvalue weighted by Crippen LogP contribution is -2.46. The SMILES string of the molecule is COc1ccc(N(C)C(=O)NC(C)C(C)C(=O)O)cc1. The van der Waals surface area contributed by atoms with E-state index in [0.717, 1.165) is 0 Å². The molecule has 0 radical (unpaired) electrons. The van der Waals surface area contributed by atoms with Gasteiger partial charge in [0.15, 0.2) is 0 Å². The molecule has 1 aromatic rings. The number of carboxylic acid groups (broad SMARTS) is 1. The van der Waals surface area contributed by atoms with E-state index >= 15 is 0 Å². The van der Waals surface area contributed by atoms with Gasteiger partial charge in [-0.1, -0.05) is 0 Å². The molecule has 2 N–H and O–H groups in total. The Morgan fingerprint density at radius 1 is 1.25 bits per heavy atom. The molecule has 1 rings (SSSR count). The Balaban J connectivity index is 2.68. The van der Waals surface area contributed by atoms with Crippen LogP contribution in [0.5, 0.6) is 5.75 Å². The van der Waals surface area contributed by atoms with Gasteiger partial charge in [-0.25, -0.2) is 4.79 Å². The summed E-state index contributed by atoms with van der Waals surface area (Å²) in [7, 11) is 3.19. The van der Waals surface area contributed by atoms with Gasteiger partial charge in [0.1, 0.15) is 5.75 Å². The first-order valence-electron chi connectivity index (χ1n) is 6.28. The van der Waals surface area contributed by atoms with Crippen LogP contribution in [0.15, 0.2) is 24.3 Å². The van der Waals surface area contributed by atoms with Gasteiger partial charge < -0.3 is 15.2 Å². The summed E-state index contributed by atoms with van der Waals surface area (Å²) in [5, 5.41) is 11.6. The van der Waals surface area contributed by atoms with Gasteiger partial charge in [-0.05, 0) is 38.1 Å². The molecule has 6 heteroatoms. The van der Waals surface area contributed by atoms with Crippen molar-refractivity contribution in [3.63, 3.8) is 0 Å². The molecule has 0 spiro atoms. The number of aliphatic carboxylic acids is 1. The molecule has 0 bridgehead atoms. The van der Waals surface area contributed by atoms with Crippen molar-refractivity contribution in [1.29, 1.82) is 0 Å². The zero-order chi connectivity index (χ0) is 15.3. The van der Waals surface area contributed by atoms with E-state index in [2.05, 4.69) is 5.32 Å². The molecule has 0 aliphatic carbocycles. The van der Waals surface area contributed by atoms with Crippen molar-refractivity contribution in [2.45, 2.75) is 19.9 Å². The number of hydrogen-bond acceptors (Lipinski definition) is 3. The third-order valence-corrected chi connectivity index (χ3v) is 3.26. The number of amides is 2. The highest BCUT2D eigenvalue weighted by atomic mass is 16.5. The summed E-state index contributed by atoms with van der Waals surface area (Å²) in [4.78, 5) is 24.3. The summed E-state index contributed by atoms with van der Waals surface area (Å²) >= 11 is 0. The Morgan fingerprint density at radius 2 is 1.80 bits per heavy atom. The van der Waals surface area contributed by atoms with Gasteiger partial charge >= 0.3 is 12.0 Å². The average Bonchev–Trinajstić information content (AvgIpc) is 2.45. The summed E-state index contributed by atoms with van der Waals surface area (Å²) < 4.78 is 5.05. The zero-order valence-corrected chi connectivity index (χ0v) is 12.1. The highest BCUT2D eigenvalue weighted by Gasteiger charge is 2.22. The minimum atomic E-state index is -0.940. The summed E-state index contributed by atoms with van der Waals surface area (Å²) in [5.74, 6) is -0.886. The molecule has 20 heavy (non-hydrogen) atoms. The number of nitrogens with zero attached hydrogens (tertiary/aromatic N) is 1. The van der Waals surface area contributed by atoms with Crippen LogP contribution in [0.2, 0.25) is 0 Å². The van der Waals surface area contributed by atoms with Gasteiger partial charge in [-0.15, -0.1) is 0 Å². The van der Waals surface area contributed by atoms with Crippen LogP contribution >= 0.6 is 0 Å². The van der Waals surface area contributed by atoms with Crippen molar-refractivity contribution in [3.05, 3.63) is 24.3 Å². The molecule has 1 aromatic carbocycles. The normalized spacial score (nSPS) is 13.2. The second-order valence-corrected chi connectivity index (χ2v) is 4.62. The van der Waals surface area contributed by atoms with Crippen LogP contribution in [0.1, 0.15) is 13.8 Å². The first-order chi connectivity index (χ1) is 9.36. The highest BCUT2D eigenvalue weighted by molar-refractivity contribution is 5.91. The van der Waals surface area contributed by atoms with Crippen molar-refractivity contribution in [2.24, 2.45) is 5.92 Å². The molecular formula is C14H20N2O4. The van der Waals surface area contributed by atoms with Crippen LogP contribution < -0.4 is 15.0 Å². The lowest BCUT2D eigenvalue weighted by Gasteiger charge is -2.23. The van der Waals surface area contributed by atoms with Gasteiger partial charge in [-0.2, -0.15) is 0 Å². The maximum absolute atomic E-state index is 12.0. The standard InChI is InChI=1S/C14H20N2O4/c1-9(13(17)18)10(2)15-14(19)16(3)11-5-7-12(20-4)8-6-11/h5-10H,1-4H3,(H,15,19)(H,17,18). The fraction of sp³-hybridized carbons (Fsp3) is 0.429. The number of benzene rings is 1. The molecule has 2 amide bonds. The maximum Gasteiger partial charge on any atom is 0.321 e. The zero-order valence-electron chi connectivity index (χ0n) is 12.1. The number of carboxylic acids is 1. The van der Waals surface area contributed by atoms with E-state index in [4.69, 9.17) is 9.84 Å². The van der Waals surface area contributed by atoms with E-state index in [9.17, 15) is 9.59 Å². The number of carbonyl (C=O) groups excluding carboxylic acids is 1. The predicted octanol–water partition coefficient (Wildman–Crippen LogP) is 1.95. The van der Waals surface area contributed by atoms with Crippen LogP contribution in [0, 0.1) is 5.92 Å². The average molecular weight is 280 g/mol. The summed E-state index contributed by atoms with van der Waals surface area (Å²) in [5.41, 5.74) is 0.693. The third-order valence-electron chi connectivity index (χ3n) is 3.26. The topological polar surface area (TPSA) is 78.9 Å². The monoisotopic (exact) mass is 280 g/mol. The molecule has 0 saturated carbocycles.